The SMILES string of the molecule is CNc1ncc2c(n1)N1CC(C)N=C1C(Br)=C2. The fourth-order valence-corrected chi connectivity index (χ4v) is 2.63. The van der Waals surface area contributed by atoms with Crippen molar-refractivity contribution < 1.29 is 0 Å². The molecule has 0 spiro atoms. The van der Waals surface area contributed by atoms with E-state index in [1.54, 1.807) is 0 Å². The summed E-state index contributed by atoms with van der Waals surface area (Å²) in [5, 5.41) is 2.96. The monoisotopic (exact) mass is 293 g/mol. The second-order valence-corrected chi connectivity index (χ2v) is 4.98. The molecule has 0 aromatic carbocycles. The van der Waals surface area contributed by atoms with Crippen molar-refractivity contribution >= 4 is 39.6 Å². The molecule has 0 bridgehead atoms. The van der Waals surface area contributed by atoms with E-state index in [0.29, 0.717) is 12.0 Å². The number of nitrogens with one attached hydrogen (secondary N) is 1. The van der Waals surface area contributed by atoms with Gasteiger partial charge in [-0.1, -0.05) is 0 Å². The van der Waals surface area contributed by atoms with Gasteiger partial charge in [-0.15, -0.1) is 0 Å². The molecule has 0 saturated carbocycles. The summed E-state index contributed by atoms with van der Waals surface area (Å²) in [6, 6.07) is 0.296. The molecule has 1 atom stereocenters. The number of hydrogen-bond donors (Lipinski definition) is 1. The number of rotatable bonds is 1. The van der Waals surface area contributed by atoms with Gasteiger partial charge >= 0.3 is 0 Å². The number of nitrogens with zero attached hydrogens (tertiary/aromatic N) is 4. The van der Waals surface area contributed by atoms with Crippen LogP contribution in [0.25, 0.3) is 6.08 Å². The minimum Gasteiger partial charge on any atom is -0.357 e. The highest BCUT2D eigenvalue weighted by molar-refractivity contribution is 9.12. The zero-order valence-electron chi connectivity index (χ0n) is 9.61. The van der Waals surface area contributed by atoms with Crippen molar-refractivity contribution in [2.45, 2.75) is 13.0 Å². The van der Waals surface area contributed by atoms with Crippen LogP contribution in [0.1, 0.15) is 12.5 Å². The Balaban J connectivity index is 2.15. The number of aromatic nitrogens is 2. The van der Waals surface area contributed by atoms with Gasteiger partial charge in [-0.05, 0) is 28.9 Å². The molecule has 1 aromatic heterocycles. The molecule has 1 N–H and O–H groups in total. The van der Waals surface area contributed by atoms with Crippen LogP contribution < -0.4 is 10.2 Å². The molecule has 1 aromatic rings. The highest BCUT2D eigenvalue weighted by Crippen LogP contribution is 2.34. The van der Waals surface area contributed by atoms with Crippen molar-refractivity contribution in [3.8, 4) is 0 Å². The first-order valence-electron chi connectivity index (χ1n) is 5.46. The Morgan fingerprint density at radius 1 is 1.53 bits per heavy atom. The molecule has 0 radical (unpaired) electrons. The average Bonchev–Trinajstić information content (AvgIpc) is 2.72. The number of fused-ring (bicyclic) bond motifs is 3. The van der Waals surface area contributed by atoms with E-state index in [1.807, 2.05) is 19.3 Å². The largest absolute Gasteiger partial charge is 0.357 e. The fraction of sp³-hybridized carbons (Fsp3) is 0.364. The lowest BCUT2D eigenvalue weighted by molar-refractivity contribution is 0.790. The van der Waals surface area contributed by atoms with Gasteiger partial charge < -0.3 is 10.2 Å². The first-order chi connectivity index (χ1) is 8.19. The van der Waals surface area contributed by atoms with E-state index in [4.69, 9.17) is 0 Å². The van der Waals surface area contributed by atoms with Gasteiger partial charge in [0.05, 0.1) is 10.5 Å². The van der Waals surface area contributed by atoms with Gasteiger partial charge in [0.1, 0.15) is 11.7 Å². The Morgan fingerprint density at radius 2 is 2.35 bits per heavy atom. The highest BCUT2D eigenvalue weighted by atomic mass is 79.9. The van der Waals surface area contributed by atoms with Crippen LogP contribution in [0.2, 0.25) is 0 Å². The van der Waals surface area contributed by atoms with Crippen LogP contribution in [-0.2, 0) is 0 Å². The zero-order valence-corrected chi connectivity index (χ0v) is 11.2. The average molecular weight is 294 g/mol. The molecule has 88 valence electrons. The maximum atomic E-state index is 4.59. The quantitative estimate of drug-likeness (QED) is 0.859. The van der Waals surface area contributed by atoms with Crippen molar-refractivity contribution in [3.05, 3.63) is 16.2 Å². The van der Waals surface area contributed by atoms with Crippen LogP contribution in [0.15, 0.2) is 15.7 Å². The molecular weight excluding hydrogens is 282 g/mol. The van der Waals surface area contributed by atoms with Gasteiger partial charge in [0.15, 0.2) is 0 Å². The predicted molar refractivity (Wildman–Crippen MR) is 72.7 cm³/mol. The molecule has 0 fully saturated rings. The molecule has 0 amide bonds. The van der Waals surface area contributed by atoms with E-state index in [0.717, 1.165) is 28.2 Å². The second-order valence-electron chi connectivity index (χ2n) is 4.13. The molecule has 3 rings (SSSR count). The predicted octanol–water partition coefficient (Wildman–Crippen LogP) is 1.87. The Labute approximate surface area is 108 Å². The summed E-state index contributed by atoms with van der Waals surface area (Å²) in [6.45, 7) is 2.97. The lowest BCUT2D eigenvalue weighted by atomic mass is 10.2. The van der Waals surface area contributed by atoms with Gasteiger partial charge in [-0.2, -0.15) is 4.98 Å². The molecule has 1 unspecified atom stereocenters. The number of aliphatic imine (C=N–C) groups is 1. The van der Waals surface area contributed by atoms with E-state index in [9.17, 15) is 0 Å². The third-order valence-corrected chi connectivity index (χ3v) is 3.40. The minimum atomic E-state index is 0.296. The molecule has 0 aliphatic carbocycles. The van der Waals surface area contributed by atoms with Gasteiger partial charge in [0, 0.05) is 25.4 Å². The maximum Gasteiger partial charge on any atom is 0.224 e. The van der Waals surface area contributed by atoms with Crippen molar-refractivity contribution in [2.75, 3.05) is 23.8 Å². The summed E-state index contributed by atoms with van der Waals surface area (Å²) < 4.78 is 0.996. The second kappa shape index (κ2) is 3.80. The molecule has 17 heavy (non-hydrogen) atoms. The molecule has 3 heterocycles. The zero-order chi connectivity index (χ0) is 12.0. The lowest BCUT2D eigenvalue weighted by Crippen LogP contribution is -2.32. The minimum absolute atomic E-state index is 0.296. The van der Waals surface area contributed by atoms with Crippen LogP contribution >= 0.6 is 15.9 Å². The van der Waals surface area contributed by atoms with Gasteiger partial charge in [0.2, 0.25) is 5.95 Å². The van der Waals surface area contributed by atoms with E-state index in [2.05, 4.69) is 48.0 Å². The Morgan fingerprint density at radius 3 is 3.12 bits per heavy atom. The summed E-state index contributed by atoms with van der Waals surface area (Å²) in [5.74, 6) is 2.52. The van der Waals surface area contributed by atoms with E-state index >= 15 is 0 Å². The normalized spacial score (nSPS) is 21.6. The van der Waals surface area contributed by atoms with Gasteiger partial charge in [0.25, 0.3) is 0 Å². The molecule has 0 saturated heterocycles. The summed E-state index contributed by atoms with van der Waals surface area (Å²) in [4.78, 5) is 15.4. The van der Waals surface area contributed by atoms with E-state index in [-0.39, 0.29) is 0 Å². The van der Waals surface area contributed by atoms with Gasteiger partial charge in [-0.25, -0.2) is 4.98 Å². The number of amidine groups is 1. The summed E-state index contributed by atoms with van der Waals surface area (Å²) in [6.07, 6.45) is 3.84. The topological polar surface area (TPSA) is 53.4 Å². The smallest absolute Gasteiger partial charge is 0.224 e. The van der Waals surface area contributed by atoms with E-state index in [1.165, 1.54) is 0 Å². The van der Waals surface area contributed by atoms with E-state index < -0.39 is 0 Å². The summed E-state index contributed by atoms with van der Waals surface area (Å²) >= 11 is 3.55. The number of halogens is 1. The summed E-state index contributed by atoms with van der Waals surface area (Å²) in [5.41, 5.74) is 1.02. The first kappa shape index (κ1) is 10.7. The van der Waals surface area contributed by atoms with Crippen molar-refractivity contribution in [1.29, 1.82) is 0 Å². The maximum absolute atomic E-state index is 4.59. The lowest BCUT2D eigenvalue weighted by Gasteiger charge is -2.25. The van der Waals surface area contributed by atoms with Gasteiger partial charge in [-0.3, -0.25) is 4.99 Å². The van der Waals surface area contributed by atoms with Crippen LogP contribution in [0.3, 0.4) is 0 Å². The first-order valence-corrected chi connectivity index (χ1v) is 6.26. The molecule has 5 nitrogen and oxygen atoms in total. The number of hydrogen-bond acceptors (Lipinski definition) is 5. The standard InChI is InChI=1S/C11H12BrN5/c1-6-5-17-9-7(3-8(12)10(17)15-6)4-14-11(13-2)16-9/h3-4,6H,5H2,1-2H3,(H,13,14,16). The third-order valence-electron chi connectivity index (χ3n) is 2.82. The van der Waals surface area contributed by atoms with Crippen LogP contribution in [0.4, 0.5) is 11.8 Å². The fourth-order valence-electron chi connectivity index (χ4n) is 2.07. The van der Waals surface area contributed by atoms with Crippen molar-refractivity contribution in [2.24, 2.45) is 4.99 Å². The molecule has 6 heteroatoms. The number of anilines is 2. The van der Waals surface area contributed by atoms with Crippen LogP contribution in [0.5, 0.6) is 0 Å². The Hall–Kier alpha value is -1.43. The van der Waals surface area contributed by atoms with Crippen molar-refractivity contribution in [3.63, 3.8) is 0 Å². The molecule has 2 aliphatic heterocycles. The van der Waals surface area contributed by atoms with Crippen LogP contribution in [-0.4, -0.2) is 35.4 Å². The van der Waals surface area contributed by atoms with Crippen molar-refractivity contribution in [1.82, 2.24) is 9.97 Å². The van der Waals surface area contributed by atoms with Crippen LogP contribution in [0, 0.1) is 0 Å². The Kier molecular flexibility index (Phi) is 2.39. The third kappa shape index (κ3) is 1.63. The summed E-state index contributed by atoms with van der Waals surface area (Å²) in [7, 11) is 1.82. The highest BCUT2D eigenvalue weighted by Gasteiger charge is 2.31. The molecule has 2 aliphatic rings. The molecular formula is C11H12BrN5. The Bertz CT molecular complexity index is 537.